The summed E-state index contributed by atoms with van der Waals surface area (Å²) in [6, 6.07) is 4.77. The van der Waals surface area contributed by atoms with Crippen molar-refractivity contribution in [3.63, 3.8) is 0 Å². The number of benzene rings is 1. The highest BCUT2D eigenvalue weighted by Crippen LogP contribution is 2.32. The Morgan fingerprint density at radius 3 is 2.11 bits per heavy atom. The summed E-state index contributed by atoms with van der Waals surface area (Å²) in [4.78, 5) is 16.4. The van der Waals surface area contributed by atoms with Crippen LogP contribution in [0, 0.1) is 0 Å². The lowest BCUT2D eigenvalue weighted by molar-refractivity contribution is -0.137. The Morgan fingerprint density at radius 2 is 1.61 bits per heavy atom. The lowest BCUT2D eigenvalue weighted by Gasteiger charge is -2.48. The normalized spacial score (nSPS) is 20.6. The fourth-order valence-corrected chi connectivity index (χ4v) is 4.37. The minimum absolute atomic E-state index is 0.282. The third kappa shape index (κ3) is 4.41. The first-order chi connectivity index (χ1) is 13.2. The molecule has 3 N–H and O–H groups in total. The molecule has 0 saturated carbocycles. The Kier molecular flexibility index (Phi) is 6.14. The van der Waals surface area contributed by atoms with Crippen molar-refractivity contribution in [3.05, 3.63) is 29.8 Å². The van der Waals surface area contributed by atoms with Gasteiger partial charge >= 0.3 is 6.18 Å². The number of carbonyl (C=O) groups excluding carboxylic acids is 1. The van der Waals surface area contributed by atoms with E-state index in [0.29, 0.717) is 36.7 Å². The number of alkyl halides is 3. The zero-order valence-corrected chi connectivity index (χ0v) is 16.4. The smallest absolute Gasteiger partial charge is 0.368 e. The first-order valence-electron chi connectivity index (χ1n) is 9.50. The fraction of sp³-hybridized carbons (Fsp3) is 0.579. The molecule has 0 spiro atoms. The van der Waals surface area contributed by atoms with Gasteiger partial charge in [0, 0.05) is 18.8 Å². The van der Waals surface area contributed by atoms with Gasteiger partial charge in [0.1, 0.15) is 5.54 Å². The average Bonchev–Trinajstić information content (AvgIpc) is 2.68. The van der Waals surface area contributed by atoms with Gasteiger partial charge in [-0.15, -0.1) is 0 Å². The summed E-state index contributed by atoms with van der Waals surface area (Å²) in [5.74, 6) is -0.282. The number of piperidine rings is 2. The van der Waals surface area contributed by atoms with E-state index in [4.69, 9.17) is 18.0 Å². The molecular weight excluding hydrogens is 389 g/mol. The van der Waals surface area contributed by atoms with Crippen LogP contribution in [0.2, 0.25) is 0 Å². The summed E-state index contributed by atoms with van der Waals surface area (Å²) >= 11 is 5.42. The maximum Gasteiger partial charge on any atom is 0.416 e. The molecule has 9 heteroatoms. The number of rotatable bonds is 3. The first kappa shape index (κ1) is 20.9. The number of hydrogen-bond donors (Lipinski definition) is 2. The summed E-state index contributed by atoms with van der Waals surface area (Å²) < 4.78 is 38.0. The number of anilines is 1. The molecule has 0 aromatic heterocycles. The molecule has 0 unspecified atom stereocenters. The van der Waals surface area contributed by atoms with Gasteiger partial charge in [0.2, 0.25) is 5.91 Å². The van der Waals surface area contributed by atoms with Crippen LogP contribution in [0.4, 0.5) is 18.9 Å². The number of hydrogen-bond acceptors (Lipinski definition) is 3. The van der Waals surface area contributed by atoms with E-state index in [1.807, 2.05) is 4.90 Å². The van der Waals surface area contributed by atoms with Crippen LogP contribution in [0.15, 0.2) is 24.3 Å². The Balaban J connectivity index is 1.60. The van der Waals surface area contributed by atoms with Gasteiger partial charge in [-0.25, -0.2) is 0 Å². The van der Waals surface area contributed by atoms with Gasteiger partial charge in [-0.05, 0) is 75.3 Å². The van der Waals surface area contributed by atoms with Crippen molar-refractivity contribution in [1.29, 1.82) is 0 Å². The average molecular weight is 414 g/mol. The Hall–Kier alpha value is -1.87. The second-order valence-corrected chi connectivity index (χ2v) is 7.82. The zero-order chi connectivity index (χ0) is 20.4. The molecule has 1 aromatic carbocycles. The number of thiocarbonyl (C=S) groups is 1. The van der Waals surface area contributed by atoms with Crippen molar-refractivity contribution in [1.82, 2.24) is 9.80 Å². The number of nitrogens with zero attached hydrogens (tertiary/aromatic N) is 2. The van der Waals surface area contributed by atoms with Crippen LogP contribution in [0.25, 0.3) is 0 Å². The molecule has 2 heterocycles. The quantitative estimate of drug-likeness (QED) is 0.744. The van der Waals surface area contributed by atoms with E-state index in [-0.39, 0.29) is 5.91 Å². The third-order valence-corrected chi connectivity index (χ3v) is 6.12. The fourth-order valence-electron chi connectivity index (χ4n) is 4.07. The largest absolute Gasteiger partial charge is 0.416 e. The molecule has 154 valence electrons. The van der Waals surface area contributed by atoms with E-state index in [1.54, 1.807) is 0 Å². The van der Waals surface area contributed by atoms with Crippen LogP contribution in [0.1, 0.15) is 37.7 Å². The van der Waals surface area contributed by atoms with E-state index >= 15 is 0 Å². The SMILES string of the molecule is NC(=O)C1(N2CCCCC2)CCN(C(=S)Nc2ccc(C(F)(F)F)cc2)CC1. The van der Waals surface area contributed by atoms with E-state index < -0.39 is 17.3 Å². The highest BCUT2D eigenvalue weighted by Gasteiger charge is 2.45. The van der Waals surface area contributed by atoms with Crippen LogP contribution >= 0.6 is 12.2 Å². The maximum atomic E-state index is 12.7. The van der Waals surface area contributed by atoms with Gasteiger partial charge in [-0.2, -0.15) is 13.2 Å². The number of amides is 1. The topological polar surface area (TPSA) is 61.6 Å². The van der Waals surface area contributed by atoms with Crippen LogP contribution in [0.5, 0.6) is 0 Å². The van der Waals surface area contributed by atoms with Crippen molar-refractivity contribution in [2.24, 2.45) is 5.73 Å². The molecule has 3 rings (SSSR count). The molecular formula is C19H25F3N4OS. The summed E-state index contributed by atoms with van der Waals surface area (Å²) in [7, 11) is 0. The molecule has 1 amide bonds. The van der Waals surface area contributed by atoms with Crippen molar-refractivity contribution in [3.8, 4) is 0 Å². The Bertz CT molecular complexity index is 709. The first-order valence-corrected chi connectivity index (χ1v) is 9.91. The molecule has 0 atom stereocenters. The highest BCUT2D eigenvalue weighted by atomic mass is 32.1. The number of halogens is 3. The van der Waals surface area contributed by atoms with Gasteiger partial charge in [0.15, 0.2) is 5.11 Å². The Labute approximate surface area is 168 Å². The summed E-state index contributed by atoms with van der Waals surface area (Å²) in [6.45, 7) is 2.92. The van der Waals surface area contributed by atoms with Gasteiger partial charge in [-0.1, -0.05) is 6.42 Å². The van der Waals surface area contributed by atoms with E-state index in [0.717, 1.165) is 38.1 Å². The summed E-state index contributed by atoms with van der Waals surface area (Å²) in [5.41, 5.74) is 4.97. The molecule has 0 aliphatic carbocycles. The predicted octanol–water partition coefficient (Wildman–Crippen LogP) is 3.21. The zero-order valence-electron chi connectivity index (χ0n) is 15.6. The maximum absolute atomic E-state index is 12.7. The lowest BCUT2D eigenvalue weighted by atomic mass is 9.83. The third-order valence-electron chi connectivity index (χ3n) is 5.76. The standard InChI is InChI=1S/C19H25F3N4OS/c20-19(21,22)14-4-6-15(7-5-14)24-17(28)25-12-8-18(9-13-25,16(23)27)26-10-2-1-3-11-26/h4-7H,1-3,8-13H2,(H2,23,27)(H,24,28). The second-order valence-electron chi connectivity index (χ2n) is 7.44. The van der Waals surface area contributed by atoms with Crippen LogP contribution in [-0.4, -0.2) is 52.5 Å². The molecule has 5 nitrogen and oxygen atoms in total. The monoisotopic (exact) mass is 414 g/mol. The van der Waals surface area contributed by atoms with Gasteiger partial charge < -0.3 is 16.0 Å². The van der Waals surface area contributed by atoms with Gasteiger partial charge in [-0.3, -0.25) is 9.69 Å². The number of likely N-dealkylation sites (tertiary alicyclic amines) is 2. The van der Waals surface area contributed by atoms with Gasteiger partial charge in [0.25, 0.3) is 0 Å². The minimum Gasteiger partial charge on any atom is -0.368 e. The van der Waals surface area contributed by atoms with Crippen molar-refractivity contribution in [2.75, 3.05) is 31.5 Å². The molecule has 2 fully saturated rings. The van der Waals surface area contributed by atoms with E-state index in [2.05, 4.69) is 10.2 Å². The van der Waals surface area contributed by atoms with Crippen molar-refractivity contribution < 1.29 is 18.0 Å². The lowest BCUT2D eigenvalue weighted by Crippen LogP contribution is -2.64. The highest BCUT2D eigenvalue weighted by molar-refractivity contribution is 7.80. The summed E-state index contributed by atoms with van der Waals surface area (Å²) in [6.07, 6.45) is 0.157. The van der Waals surface area contributed by atoms with Crippen LogP contribution < -0.4 is 11.1 Å². The van der Waals surface area contributed by atoms with Crippen molar-refractivity contribution in [2.45, 2.75) is 43.8 Å². The summed E-state index contributed by atoms with van der Waals surface area (Å²) in [5, 5.41) is 3.43. The van der Waals surface area contributed by atoms with E-state index in [1.165, 1.54) is 18.6 Å². The minimum atomic E-state index is -4.36. The van der Waals surface area contributed by atoms with E-state index in [9.17, 15) is 18.0 Å². The number of carbonyl (C=O) groups is 1. The van der Waals surface area contributed by atoms with Crippen LogP contribution in [-0.2, 0) is 11.0 Å². The molecule has 0 bridgehead atoms. The molecule has 2 aliphatic rings. The number of primary amides is 1. The molecule has 2 aliphatic heterocycles. The van der Waals surface area contributed by atoms with Crippen LogP contribution in [0.3, 0.4) is 0 Å². The van der Waals surface area contributed by atoms with Gasteiger partial charge in [0.05, 0.1) is 5.56 Å². The number of nitrogens with one attached hydrogen (secondary N) is 1. The molecule has 28 heavy (non-hydrogen) atoms. The molecule has 1 aromatic rings. The van der Waals surface area contributed by atoms with Crippen molar-refractivity contribution >= 4 is 28.9 Å². The second kappa shape index (κ2) is 8.24. The molecule has 0 radical (unpaired) electrons. The molecule has 2 saturated heterocycles. The Morgan fingerprint density at radius 1 is 1.04 bits per heavy atom. The number of nitrogens with two attached hydrogens (primary N) is 1. The predicted molar refractivity (Wildman–Crippen MR) is 106 cm³/mol.